The molecule has 0 bridgehead atoms. The predicted octanol–water partition coefficient (Wildman–Crippen LogP) is 5.64. The lowest BCUT2D eigenvalue weighted by atomic mass is 9.96. The van der Waals surface area contributed by atoms with E-state index in [1.807, 2.05) is 66.7 Å². The van der Waals surface area contributed by atoms with Crippen LogP contribution in [-0.4, -0.2) is 60.9 Å². The minimum absolute atomic E-state index is 0.0231. The van der Waals surface area contributed by atoms with Crippen LogP contribution in [0.3, 0.4) is 0 Å². The van der Waals surface area contributed by atoms with Gasteiger partial charge >= 0.3 is 0 Å². The highest BCUT2D eigenvalue weighted by Crippen LogP contribution is 2.38. The van der Waals surface area contributed by atoms with Gasteiger partial charge in [0.05, 0.1) is 18.7 Å². The molecule has 2 aliphatic rings. The van der Waals surface area contributed by atoms with Crippen LogP contribution in [0.4, 0.5) is 5.69 Å². The molecule has 1 fully saturated rings. The molecule has 214 valence electrons. The maximum absolute atomic E-state index is 13.6. The summed E-state index contributed by atoms with van der Waals surface area (Å²) in [6.45, 7) is 6.69. The van der Waals surface area contributed by atoms with E-state index in [4.69, 9.17) is 11.6 Å². The molecule has 42 heavy (non-hydrogen) atoms. The fourth-order valence-corrected chi connectivity index (χ4v) is 6.06. The zero-order chi connectivity index (χ0) is 28.9. The Balaban J connectivity index is 1.13. The molecule has 6 rings (SSSR count). The number of nitrogens with one attached hydrogen (secondary N) is 1. The maximum Gasteiger partial charge on any atom is 0.251 e. The normalized spacial score (nSPS) is 15.5. The number of hydrogen-bond donors (Lipinski definition) is 1. The number of piperazine rings is 1. The number of halogens is 1. The highest BCUT2D eigenvalue weighted by atomic mass is 35.5. The SMILES string of the molecule is O=C(NCCN1CCN(Cc2ccccc2)CC1)c1ccc2c(c1)N(Cc1ccccc1Cl)C(=O)Cc1ccccc1-2. The highest BCUT2D eigenvalue weighted by Gasteiger charge is 2.27. The van der Waals surface area contributed by atoms with E-state index in [0.717, 1.165) is 67.2 Å². The first kappa shape index (κ1) is 28.2. The van der Waals surface area contributed by atoms with Gasteiger partial charge in [-0.1, -0.05) is 90.5 Å². The summed E-state index contributed by atoms with van der Waals surface area (Å²) >= 11 is 6.49. The van der Waals surface area contributed by atoms with Gasteiger partial charge in [-0.25, -0.2) is 0 Å². The zero-order valence-corrected chi connectivity index (χ0v) is 24.4. The predicted molar refractivity (Wildman–Crippen MR) is 169 cm³/mol. The zero-order valence-electron chi connectivity index (χ0n) is 23.6. The van der Waals surface area contributed by atoms with Gasteiger partial charge in [0.15, 0.2) is 0 Å². The van der Waals surface area contributed by atoms with E-state index < -0.39 is 0 Å². The summed E-state index contributed by atoms with van der Waals surface area (Å²) in [4.78, 5) is 33.5. The van der Waals surface area contributed by atoms with Crippen LogP contribution in [0, 0.1) is 0 Å². The van der Waals surface area contributed by atoms with Gasteiger partial charge in [0.25, 0.3) is 5.91 Å². The summed E-state index contributed by atoms with van der Waals surface area (Å²) in [6.07, 6.45) is 0.287. The first-order valence-electron chi connectivity index (χ1n) is 14.6. The lowest BCUT2D eigenvalue weighted by Gasteiger charge is -2.34. The van der Waals surface area contributed by atoms with Crippen molar-refractivity contribution >= 4 is 29.1 Å². The topological polar surface area (TPSA) is 55.9 Å². The minimum Gasteiger partial charge on any atom is -0.351 e. The Bertz CT molecular complexity index is 1570. The molecule has 0 saturated carbocycles. The van der Waals surface area contributed by atoms with E-state index in [9.17, 15) is 9.59 Å². The molecule has 6 nitrogen and oxygen atoms in total. The summed E-state index contributed by atoms with van der Waals surface area (Å²) in [6, 6.07) is 31.8. The summed E-state index contributed by atoms with van der Waals surface area (Å²) in [7, 11) is 0. The number of rotatable bonds is 8. The van der Waals surface area contributed by atoms with Gasteiger partial charge in [0.1, 0.15) is 0 Å². The Morgan fingerprint density at radius 1 is 0.762 bits per heavy atom. The van der Waals surface area contributed by atoms with Gasteiger partial charge in [-0.2, -0.15) is 0 Å². The lowest BCUT2D eigenvalue weighted by molar-refractivity contribution is -0.118. The van der Waals surface area contributed by atoms with E-state index in [2.05, 4.69) is 45.4 Å². The number of amides is 2. The van der Waals surface area contributed by atoms with Crippen LogP contribution in [-0.2, 0) is 24.3 Å². The standard InChI is InChI=1S/C35H35ClN4O2/c36-32-13-7-5-11-29(32)25-40-33-22-28(14-15-31(33)30-12-6-4-10-27(30)23-34(40)41)35(42)37-16-17-38-18-20-39(21-19-38)24-26-8-2-1-3-9-26/h1-15,22H,16-21,23-25H2,(H,37,42). The van der Waals surface area contributed by atoms with Crippen molar-refractivity contribution in [3.8, 4) is 11.1 Å². The molecule has 4 aromatic rings. The molecule has 0 atom stereocenters. The van der Waals surface area contributed by atoms with E-state index in [0.29, 0.717) is 23.7 Å². The summed E-state index contributed by atoms with van der Waals surface area (Å²) in [5.74, 6) is -0.159. The van der Waals surface area contributed by atoms with Gasteiger partial charge in [0.2, 0.25) is 5.91 Å². The van der Waals surface area contributed by atoms with Gasteiger partial charge < -0.3 is 10.2 Å². The van der Waals surface area contributed by atoms with Gasteiger partial charge in [-0.3, -0.25) is 19.4 Å². The lowest BCUT2D eigenvalue weighted by Crippen LogP contribution is -2.48. The Kier molecular flexibility index (Phi) is 8.65. The summed E-state index contributed by atoms with van der Waals surface area (Å²) < 4.78 is 0. The van der Waals surface area contributed by atoms with Crippen molar-refractivity contribution in [2.24, 2.45) is 0 Å². The van der Waals surface area contributed by atoms with Crippen molar-refractivity contribution in [1.29, 1.82) is 0 Å². The van der Waals surface area contributed by atoms with Crippen molar-refractivity contribution in [1.82, 2.24) is 15.1 Å². The molecule has 1 N–H and O–H groups in total. The minimum atomic E-state index is -0.136. The second-order valence-electron chi connectivity index (χ2n) is 11.0. The molecule has 0 radical (unpaired) electrons. The second-order valence-corrected chi connectivity index (χ2v) is 11.4. The number of carbonyl (C=O) groups is 2. The second kappa shape index (κ2) is 12.9. The third-order valence-corrected chi connectivity index (χ3v) is 8.58. The van der Waals surface area contributed by atoms with Crippen molar-refractivity contribution in [3.05, 3.63) is 124 Å². The van der Waals surface area contributed by atoms with Crippen LogP contribution in [0.1, 0.15) is 27.0 Å². The summed E-state index contributed by atoms with van der Waals surface area (Å²) in [5.41, 5.74) is 6.41. The van der Waals surface area contributed by atoms with E-state index >= 15 is 0 Å². The van der Waals surface area contributed by atoms with Crippen LogP contribution in [0.25, 0.3) is 11.1 Å². The number of hydrogen-bond acceptors (Lipinski definition) is 4. The average molecular weight is 579 g/mol. The third-order valence-electron chi connectivity index (χ3n) is 8.21. The molecule has 2 heterocycles. The third kappa shape index (κ3) is 6.41. The first-order chi connectivity index (χ1) is 20.5. The van der Waals surface area contributed by atoms with E-state index in [1.54, 1.807) is 4.90 Å². The molecular formula is C35H35ClN4O2. The Morgan fingerprint density at radius 3 is 2.29 bits per heavy atom. The fourth-order valence-electron chi connectivity index (χ4n) is 5.87. The van der Waals surface area contributed by atoms with Crippen LogP contribution < -0.4 is 10.2 Å². The van der Waals surface area contributed by atoms with Crippen LogP contribution in [0.2, 0.25) is 5.02 Å². The van der Waals surface area contributed by atoms with Crippen molar-refractivity contribution in [2.45, 2.75) is 19.5 Å². The summed E-state index contributed by atoms with van der Waals surface area (Å²) in [5, 5.41) is 3.72. The number of carbonyl (C=O) groups excluding carboxylic acids is 2. The Hall–Kier alpha value is -3.97. The molecule has 7 heteroatoms. The van der Waals surface area contributed by atoms with Crippen molar-refractivity contribution < 1.29 is 9.59 Å². The average Bonchev–Trinajstić information content (AvgIpc) is 3.13. The molecule has 2 aliphatic heterocycles. The Labute approximate surface area is 252 Å². The number of nitrogens with zero attached hydrogens (tertiary/aromatic N) is 3. The molecule has 0 unspecified atom stereocenters. The van der Waals surface area contributed by atoms with Crippen LogP contribution in [0.15, 0.2) is 97.1 Å². The van der Waals surface area contributed by atoms with Crippen molar-refractivity contribution in [2.75, 3.05) is 44.2 Å². The number of fused-ring (bicyclic) bond motifs is 3. The highest BCUT2D eigenvalue weighted by molar-refractivity contribution is 6.31. The van der Waals surface area contributed by atoms with Crippen LogP contribution in [0.5, 0.6) is 0 Å². The number of benzene rings is 4. The quantitative estimate of drug-likeness (QED) is 0.294. The van der Waals surface area contributed by atoms with Crippen molar-refractivity contribution in [3.63, 3.8) is 0 Å². The van der Waals surface area contributed by atoms with E-state index in [-0.39, 0.29) is 18.2 Å². The first-order valence-corrected chi connectivity index (χ1v) is 15.0. The molecule has 2 amide bonds. The fraction of sp³-hybridized carbons (Fsp3) is 0.257. The molecule has 0 aliphatic carbocycles. The maximum atomic E-state index is 13.6. The monoisotopic (exact) mass is 578 g/mol. The molecule has 1 saturated heterocycles. The van der Waals surface area contributed by atoms with E-state index in [1.165, 1.54) is 5.56 Å². The Morgan fingerprint density at radius 2 is 1.48 bits per heavy atom. The largest absolute Gasteiger partial charge is 0.351 e. The number of anilines is 1. The molecular weight excluding hydrogens is 544 g/mol. The van der Waals surface area contributed by atoms with Gasteiger partial charge in [0, 0.05) is 62.0 Å². The molecule has 0 spiro atoms. The van der Waals surface area contributed by atoms with Gasteiger partial charge in [-0.05, 0) is 40.5 Å². The molecule has 0 aromatic heterocycles. The van der Waals surface area contributed by atoms with Gasteiger partial charge in [-0.15, -0.1) is 0 Å². The molecule has 4 aromatic carbocycles. The smallest absolute Gasteiger partial charge is 0.251 e. The van der Waals surface area contributed by atoms with Crippen LogP contribution >= 0.6 is 11.6 Å².